The van der Waals surface area contributed by atoms with Gasteiger partial charge in [0.25, 0.3) is 0 Å². The van der Waals surface area contributed by atoms with Gasteiger partial charge in [-0.25, -0.2) is 0 Å². The third kappa shape index (κ3) is 5.30. The van der Waals surface area contributed by atoms with Crippen molar-refractivity contribution in [3.05, 3.63) is 11.5 Å². The lowest BCUT2D eigenvalue weighted by Gasteiger charge is -2.32. The monoisotopic (exact) mass is 340 g/mol. The van der Waals surface area contributed by atoms with Crippen molar-refractivity contribution in [3.8, 4) is 0 Å². The summed E-state index contributed by atoms with van der Waals surface area (Å²) >= 11 is 0. The lowest BCUT2D eigenvalue weighted by molar-refractivity contribution is 0.00578. The smallest absolute Gasteiger partial charge is 0.400 e. The molecule has 2 rings (SSSR count). The van der Waals surface area contributed by atoms with Crippen molar-refractivity contribution in [2.75, 3.05) is 40.1 Å². The lowest BCUT2D eigenvalue weighted by Crippen LogP contribution is -2.41. The van der Waals surface area contributed by atoms with Gasteiger partial charge in [0.05, 0.1) is 37.6 Å². The quantitative estimate of drug-likeness (QED) is 0.477. The Kier molecular flexibility index (Phi) is 7.31. The number of hydrogen-bond donors (Lipinski definition) is 0. The molecular formula is C18H33BO5. The average Bonchev–Trinajstić information content (AvgIpc) is 2.75. The van der Waals surface area contributed by atoms with E-state index in [4.69, 9.17) is 23.5 Å². The predicted molar refractivity (Wildman–Crippen MR) is 95.0 cm³/mol. The lowest BCUT2D eigenvalue weighted by atomic mass is 9.71. The number of rotatable bonds is 9. The summed E-state index contributed by atoms with van der Waals surface area (Å²) in [6.45, 7) is 11.7. The standard InChI is InChI=1S/C18H33BO5/c1-17(2)18(3,4)24-19(23-17)16-8-6-15(7-9-16)14-22-13-12-21-11-10-20-5/h8,15H,6-7,9-14H2,1-5H3/t15-/m1/s1. The first-order valence-corrected chi connectivity index (χ1v) is 9.05. The van der Waals surface area contributed by atoms with Crippen molar-refractivity contribution in [2.45, 2.75) is 58.2 Å². The Morgan fingerprint density at radius 2 is 1.67 bits per heavy atom. The Balaban J connectivity index is 1.65. The molecule has 0 aromatic rings. The molecule has 1 fully saturated rings. The molecule has 0 aromatic heterocycles. The van der Waals surface area contributed by atoms with Crippen LogP contribution in [-0.2, 0) is 23.5 Å². The van der Waals surface area contributed by atoms with Gasteiger partial charge in [0.15, 0.2) is 0 Å². The molecule has 0 spiro atoms. The fraction of sp³-hybridized carbons (Fsp3) is 0.889. The van der Waals surface area contributed by atoms with E-state index in [0.29, 0.717) is 32.3 Å². The fourth-order valence-corrected chi connectivity index (χ4v) is 2.88. The summed E-state index contributed by atoms with van der Waals surface area (Å²) in [6, 6.07) is 0. The topological polar surface area (TPSA) is 46.2 Å². The molecule has 1 heterocycles. The van der Waals surface area contributed by atoms with E-state index in [1.807, 2.05) is 0 Å². The highest BCUT2D eigenvalue weighted by Crippen LogP contribution is 2.40. The first kappa shape index (κ1) is 19.9. The Hall–Kier alpha value is -0.395. The van der Waals surface area contributed by atoms with Gasteiger partial charge in [-0.1, -0.05) is 6.08 Å². The Bertz CT molecular complexity index is 406. The maximum absolute atomic E-state index is 6.14. The van der Waals surface area contributed by atoms with Crippen LogP contribution < -0.4 is 0 Å². The molecule has 1 aliphatic heterocycles. The van der Waals surface area contributed by atoms with Gasteiger partial charge in [0.2, 0.25) is 0 Å². The molecule has 2 aliphatic rings. The number of methoxy groups -OCH3 is 1. The molecule has 24 heavy (non-hydrogen) atoms. The van der Waals surface area contributed by atoms with Crippen molar-refractivity contribution in [1.29, 1.82) is 0 Å². The van der Waals surface area contributed by atoms with Gasteiger partial charge in [-0.2, -0.15) is 0 Å². The van der Waals surface area contributed by atoms with Gasteiger partial charge in [-0.15, -0.1) is 0 Å². The minimum absolute atomic E-state index is 0.189. The van der Waals surface area contributed by atoms with Crippen LogP contribution >= 0.6 is 0 Å². The summed E-state index contributed by atoms with van der Waals surface area (Å²) in [4.78, 5) is 0. The van der Waals surface area contributed by atoms with Crippen LogP contribution in [0, 0.1) is 5.92 Å². The van der Waals surface area contributed by atoms with Gasteiger partial charge < -0.3 is 23.5 Å². The van der Waals surface area contributed by atoms with Crippen LogP contribution in [-0.4, -0.2) is 58.5 Å². The number of ether oxygens (including phenoxy) is 3. The highest BCUT2D eigenvalue weighted by atomic mass is 16.7. The SMILES string of the molecule is COCCOCCOC[C@@H]1CC=C(B2OC(C)(C)C(C)(C)O2)CC1. The minimum atomic E-state index is -0.263. The molecular weight excluding hydrogens is 307 g/mol. The third-order valence-electron chi connectivity index (χ3n) is 5.27. The summed E-state index contributed by atoms with van der Waals surface area (Å²) in [6.07, 6.45) is 5.47. The van der Waals surface area contributed by atoms with Crippen molar-refractivity contribution >= 4 is 7.12 Å². The largest absolute Gasteiger partial charge is 0.490 e. The molecule has 0 unspecified atom stereocenters. The first-order valence-electron chi connectivity index (χ1n) is 9.05. The summed E-state index contributed by atoms with van der Waals surface area (Å²) < 4.78 is 28.3. The van der Waals surface area contributed by atoms with Gasteiger partial charge in [-0.05, 0) is 58.3 Å². The van der Waals surface area contributed by atoms with Crippen LogP contribution in [0.4, 0.5) is 0 Å². The molecule has 0 bridgehead atoms. The second kappa shape index (κ2) is 8.81. The minimum Gasteiger partial charge on any atom is -0.400 e. The van der Waals surface area contributed by atoms with E-state index < -0.39 is 0 Å². The Labute approximate surface area is 147 Å². The van der Waals surface area contributed by atoms with Gasteiger partial charge in [0.1, 0.15) is 0 Å². The normalized spacial score (nSPS) is 25.8. The van der Waals surface area contributed by atoms with E-state index in [9.17, 15) is 0 Å². The first-order chi connectivity index (χ1) is 11.4. The second-order valence-electron chi connectivity index (χ2n) is 7.69. The van der Waals surface area contributed by atoms with Gasteiger partial charge >= 0.3 is 7.12 Å². The van der Waals surface area contributed by atoms with E-state index in [2.05, 4.69) is 33.8 Å². The van der Waals surface area contributed by atoms with E-state index in [-0.39, 0.29) is 18.3 Å². The van der Waals surface area contributed by atoms with Crippen LogP contribution in [0.2, 0.25) is 0 Å². The maximum Gasteiger partial charge on any atom is 0.490 e. The molecule has 0 amide bonds. The summed E-state index contributed by atoms with van der Waals surface area (Å²) in [7, 11) is 1.49. The predicted octanol–water partition coefficient (Wildman–Crippen LogP) is 3.02. The molecule has 1 aliphatic carbocycles. The molecule has 0 N–H and O–H groups in total. The van der Waals surface area contributed by atoms with Crippen LogP contribution in [0.15, 0.2) is 11.5 Å². The van der Waals surface area contributed by atoms with Crippen LogP contribution in [0.1, 0.15) is 47.0 Å². The van der Waals surface area contributed by atoms with Crippen LogP contribution in [0.3, 0.4) is 0 Å². The van der Waals surface area contributed by atoms with Crippen molar-refractivity contribution in [1.82, 2.24) is 0 Å². The maximum atomic E-state index is 6.14. The van der Waals surface area contributed by atoms with Crippen LogP contribution in [0.25, 0.3) is 0 Å². The van der Waals surface area contributed by atoms with Crippen molar-refractivity contribution in [2.24, 2.45) is 5.92 Å². The average molecular weight is 340 g/mol. The van der Waals surface area contributed by atoms with Crippen LogP contribution in [0.5, 0.6) is 0 Å². The highest BCUT2D eigenvalue weighted by Gasteiger charge is 2.52. The molecule has 0 radical (unpaired) electrons. The molecule has 0 aromatic carbocycles. The molecule has 5 nitrogen and oxygen atoms in total. The molecule has 0 saturated carbocycles. The summed E-state index contributed by atoms with van der Waals surface area (Å²) in [5.41, 5.74) is 0.760. The zero-order valence-corrected chi connectivity index (χ0v) is 15.9. The zero-order chi connectivity index (χ0) is 17.6. The summed E-state index contributed by atoms with van der Waals surface area (Å²) in [5, 5.41) is 0. The molecule has 6 heteroatoms. The Morgan fingerprint density at radius 1 is 1.04 bits per heavy atom. The van der Waals surface area contributed by atoms with Crippen molar-refractivity contribution < 1.29 is 23.5 Å². The molecule has 1 atom stereocenters. The summed E-state index contributed by atoms with van der Waals surface area (Å²) in [5.74, 6) is 0.579. The number of allylic oxidation sites excluding steroid dienone is 2. The number of hydrogen-bond acceptors (Lipinski definition) is 5. The fourth-order valence-electron chi connectivity index (χ4n) is 2.88. The zero-order valence-electron chi connectivity index (χ0n) is 15.9. The third-order valence-corrected chi connectivity index (χ3v) is 5.27. The van der Waals surface area contributed by atoms with Gasteiger partial charge in [0, 0.05) is 13.7 Å². The van der Waals surface area contributed by atoms with Gasteiger partial charge in [-0.3, -0.25) is 0 Å². The molecule has 138 valence electrons. The van der Waals surface area contributed by atoms with Crippen molar-refractivity contribution in [3.63, 3.8) is 0 Å². The van der Waals surface area contributed by atoms with E-state index in [0.717, 1.165) is 25.9 Å². The Morgan fingerprint density at radius 3 is 2.25 bits per heavy atom. The molecule has 1 saturated heterocycles. The highest BCUT2D eigenvalue weighted by molar-refractivity contribution is 6.54. The second-order valence-corrected chi connectivity index (χ2v) is 7.69. The van der Waals surface area contributed by atoms with E-state index in [1.54, 1.807) is 7.11 Å². The van der Waals surface area contributed by atoms with E-state index >= 15 is 0 Å². The van der Waals surface area contributed by atoms with E-state index in [1.165, 1.54) is 5.47 Å².